The number of H-pyrrole nitrogens is 1. The Morgan fingerprint density at radius 1 is 1.40 bits per heavy atom. The number of phosphoric ester groups is 1. The topological polar surface area (TPSA) is 195 Å². The standard InChI is InChI=1S/C11H18N5O8P/c1-22-6(4-24-25(19,20)21)7(17)8(23-2)5-3-13-16-9(5)14-10(12)15-11(16)18/h3,6-8,17H,4H2,1-2H3,(H2,19,20,21)(H3,12,14,15,18). The predicted molar refractivity (Wildman–Crippen MR) is 82.6 cm³/mol. The van der Waals surface area contributed by atoms with Crippen LogP contribution in [-0.4, -0.2) is 67.5 Å². The third-order valence-electron chi connectivity index (χ3n) is 3.39. The number of aromatic nitrogens is 4. The van der Waals surface area contributed by atoms with Gasteiger partial charge in [0, 0.05) is 19.8 Å². The number of aromatic amines is 1. The van der Waals surface area contributed by atoms with Gasteiger partial charge in [0.05, 0.1) is 12.8 Å². The molecule has 25 heavy (non-hydrogen) atoms. The van der Waals surface area contributed by atoms with Gasteiger partial charge in [-0.25, -0.2) is 9.36 Å². The van der Waals surface area contributed by atoms with Gasteiger partial charge in [-0.3, -0.25) is 9.51 Å². The maximum Gasteiger partial charge on any atom is 0.469 e. The Labute approximate surface area is 140 Å². The lowest BCUT2D eigenvalue weighted by Crippen LogP contribution is -2.38. The monoisotopic (exact) mass is 379 g/mol. The van der Waals surface area contributed by atoms with Gasteiger partial charge in [0.25, 0.3) is 0 Å². The molecule has 0 saturated carbocycles. The Morgan fingerprint density at radius 2 is 2.08 bits per heavy atom. The number of nitrogens with two attached hydrogens (primary N) is 1. The Morgan fingerprint density at radius 3 is 2.64 bits per heavy atom. The first-order chi connectivity index (χ1) is 11.7. The van der Waals surface area contributed by atoms with E-state index in [2.05, 4.69) is 19.6 Å². The molecule has 0 aliphatic heterocycles. The molecule has 2 heterocycles. The number of methoxy groups -OCH3 is 2. The fourth-order valence-corrected chi connectivity index (χ4v) is 2.58. The third kappa shape index (κ3) is 4.41. The summed E-state index contributed by atoms with van der Waals surface area (Å²) in [6, 6.07) is 0. The molecule has 0 aromatic carbocycles. The third-order valence-corrected chi connectivity index (χ3v) is 3.87. The number of nitrogens with zero attached hydrogens (tertiary/aromatic N) is 3. The second-order valence-electron chi connectivity index (χ2n) is 4.97. The van der Waals surface area contributed by atoms with Crippen LogP contribution in [0.3, 0.4) is 0 Å². The van der Waals surface area contributed by atoms with E-state index in [0.717, 1.165) is 4.52 Å². The number of aliphatic hydroxyl groups excluding tert-OH is 1. The number of anilines is 1. The molecule has 2 aromatic heterocycles. The molecule has 0 radical (unpaired) electrons. The molecule has 14 heteroatoms. The molecule has 140 valence electrons. The largest absolute Gasteiger partial charge is 0.469 e. The fourth-order valence-electron chi connectivity index (χ4n) is 2.24. The van der Waals surface area contributed by atoms with E-state index in [1.807, 2.05) is 0 Å². The van der Waals surface area contributed by atoms with Gasteiger partial charge in [0.2, 0.25) is 5.95 Å². The van der Waals surface area contributed by atoms with Crippen molar-refractivity contribution in [2.24, 2.45) is 0 Å². The van der Waals surface area contributed by atoms with Gasteiger partial charge in [0.15, 0.2) is 5.65 Å². The molecule has 3 unspecified atom stereocenters. The van der Waals surface area contributed by atoms with Crippen molar-refractivity contribution >= 4 is 19.4 Å². The molecule has 13 nitrogen and oxygen atoms in total. The number of nitrogens with one attached hydrogen (secondary N) is 1. The van der Waals surface area contributed by atoms with Crippen LogP contribution in [0.15, 0.2) is 11.0 Å². The summed E-state index contributed by atoms with van der Waals surface area (Å²) < 4.78 is 26.3. The zero-order chi connectivity index (χ0) is 18.8. The van der Waals surface area contributed by atoms with Crippen molar-refractivity contribution < 1.29 is 33.5 Å². The Kier molecular flexibility index (Phi) is 5.90. The summed E-state index contributed by atoms with van der Waals surface area (Å²) >= 11 is 0. The molecule has 0 aliphatic rings. The summed E-state index contributed by atoms with van der Waals surface area (Å²) in [5.41, 5.74) is 5.16. The van der Waals surface area contributed by atoms with Crippen molar-refractivity contribution in [3.8, 4) is 0 Å². The first kappa shape index (κ1) is 19.5. The minimum Gasteiger partial charge on any atom is -0.387 e. The second-order valence-corrected chi connectivity index (χ2v) is 6.21. The highest BCUT2D eigenvalue weighted by molar-refractivity contribution is 7.46. The lowest BCUT2D eigenvalue weighted by Gasteiger charge is -2.27. The van der Waals surface area contributed by atoms with E-state index in [9.17, 15) is 14.5 Å². The zero-order valence-corrected chi connectivity index (χ0v) is 14.2. The van der Waals surface area contributed by atoms with Gasteiger partial charge < -0.3 is 30.1 Å². The number of hydrogen-bond donors (Lipinski definition) is 5. The van der Waals surface area contributed by atoms with Gasteiger partial charge in [0.1, 0.15) is 18.3 Å². The normalized spacial score (nSPS) is 16.0. The summed E-state index contributed by atoms with van der Waals surface area (Å²) in [6.45, 7) is -0.600. The van der Waals surface area contributed by atoms with Crippen molar-refractivity contribution in [1.82, 2.24) is 19.6 Å². The van der Waals surface area contributed by atoms with Gasteiger partial charge in [-0.15, -0.1) is 0 Å². The molecular weight excluding hydrogens is 361 g/mol. The Bertz CT molecular complexity index is 831. The molecule has 0 amide bonds. The van der Waals surface area contributed by atoms with Crippen molar-refractivity contribution in [2.45, 2.75) is 18.3 Å². The quantitative estimate of drug-likeness (QED) is 0.324. The number of ether oxygens (including phenoxy) is 2. The second kappa shape index (κ2) is 7.58. The molecule has 6 N–H and O–H groups in total. The van der Waals surface area contributed by atoms with Crippen LogP contribution in [0.4, 0.5) is 5.95 Å². The van der Waals surface area contributed by atoms with E-state index in [1.165, 1.54) is 20.4 Å². The first-order valence-electron chi connectivity index (χ1n) is 6.85. The van der Waals surface area contributed by atoms with E-state index in [-0.39, 0.29) is 17.2 Å². The first-order valence-corrected chi connectivity index (χ1v) is 8.38. The number of phosphoric acid groups is 1. The number of nitrogen functional groups attached to an aromatic ring is 1. The van der Waals surface area contributed by atoms with Gasteiger partial charge in [-0.05, 0) is 0 Å². The Hall–Kier alpha value is -1.86. The highest BCUT2D eigenvalue weighted by Gasteiger charge is 2.33. The summed E-state index contributed by atoms with van der Waals surface area (Å²) in [4.78, 5) is 35.5. The molecule has 0 fully saturated rings. The van der Waals surface area contributed by atoms with Gasteiger partial charge in [-0.1, -0.05) is 0 Å². The number of rotatable bonds is 8. The molecule has 0 saturated heterocycles. The number of hydrogen-bond acceptors (Lipinski definition) is 9. The average molecular weight is 379 g/mol. The summed E-state index contributed by atoms with van der Waals surface area (Å²) in [7, 11) is -2.24. The van der Waals surface area contributed by atoms with Crippen LogP contribution in [0.2, 0.25) is 0 Å². The number of aliphatic hydroxyl groups is 1. The minimum absolute atomic E-state index is 0.0536. The minimum atomic E-state index is -4.75. The lowest BCUT2D eigenvalue weighted by atomic mass is 10.0. The van der Waals surface area contributed by atoms with Crippen molar-refractivity contribution in [2.75, 3.05) is 26.6 Å². The zero-order valence-electron chi connectivity index (χ0n) is 13.3. The van der Waals surface area contributed by atoms with Gasteiger partial charge >= 0.3 is 13.5 Å². The molecule has 2 aromatic rings. The SMILES string of the molecule is COC(COP(=O)(O)O)C(O)C(OC)c1cnn2c(=O)[nH]c(N)nc12. The molecule has 3 atom stereocenters. The fraction of sp³-hybridized carbons (Fsp3) is 0.545. The van der Waals surface area contributed by atoms with Gasteiger partial charge in [-0.2, -0.15) is 14.6 Å². The molecular formula is C11H18N5O8P. The van der Waals surface area contributed by atoms with E-state index in [4.69, 9.17) is 25.0 Å². The van der Waals surface area contributed by atoms with E-state index >= 15 is 0 Å². The lowest BCUT2D eigenvalue weighted by molar-refractivity contribution is -0.104. The molecule has 0 spiro atoms. The van der Waals surface area contributed by atoms with Crippen LogP contribution >= 0.6 is 7.82 Å². The van der Waals surface area contributed by atoms with Crippen molar-refractivity contribution in [3.63, 3.8) is 0 Å². The molecule has 2 rings (SSSR count). The Balaban J connectivity index is 2.35. The summed E-state index contributed by atoms with van der Waals surface area (Å²) in [5.74, 6) is -0.156. The summed E-state index contributed by atoms with van der Waals surface area (Å²) in [6.07, 6.45) is -2.40. The van der Waals surface area contributed by atoms with Crippen LogP contribution in [0.5, 0.6) is 0 Å². The van der Waals surface area contributed by atoms with E-state index in [1.54, 1.807) is 0 Å². The van der Waals surface area contributed by atoms with Crippen LogP contribution in [-0.2, 0) is 18.6 Å². The van der Waals surface area contributed by atoms with Crippen molar-refractivity contribution in [3.05, 3.63) is 22.2 Å². The molecule has 0 bridgehead atoms. The van der Waals surface area contributed by atoms with E-state index < -0.39 is 38.4 Å². The number of fused-ring (bicyclic) bond motifs is 1. The maximum atomic E-state index is 11.8. The maximum absolute atomic E-state index is 11.8. The van der Waals surface area contributed by atoms with Crippen LogP contribution in [0, 0.1) is 0 Å². The van der Waals surface area contributed by atoms with Crippen LogP contribution in [0.25, 0.3) is 5.65 Å². The van der Waals surface area contributed by atoms with Crippen molar-refractivity contribution in [1.29, 1.82) is 0 Å². The highest BCUT2D eigenvalue weighted by Crippen LogP contribution is 2.37. The molecule has 0 aliphatic carbocycles. The average Bonchev–Trinajstić information content (AvgIpc) is 2.91. The predicted octanol–water partition coefficient (Wildman–Crippen LogP) is -1.83. The van der Waals surface area contributed by atoms with Crippen LogP contribution in [0.1, 0.15) is 11.7 Å². The smallest absolute Gasteiger partial charge is 0.387 e. The summed E-state index contributed by atoms with van der Waals surface area (Å²) in [5, 5.41) is 14.3. The van der Waals surface area contributed by atoms with E-state index in [0.29, 0.717) is 0 Å². The highest BCUT2D eigenvalue weighted by atomic mass is 31.2. The van der Waals surface area contributed by atoms with Crippen LogP contribution < -0.4 is 11.4 Å².